The summed E-state index contributed by atoms with van der Waals surface area (Å²) in [5.74, 6) is -0.763. The molecule has 0 heterocycles. The van der Waals surface area contributed by atoms with Crippen LogP contribution in [0, 0.1) is 5.92 Å². The molecule has 0 aliphatic carbocycles. The van der Waals surface area contributed by atoms with Crippen LogP contribution in [0.3, 0.4) is 0 Å². The smallest absolute Gasteiger partial charge is 0.251 e. The minimum Gasteiger partial charge on any atom is -0.495 e. The molecule has 1 rings (SSSR count). The number of nitrogens with one attached hydrogen (secondary N) is 3. The Kier molecular flexibility index (Phi) is 7.19. The summed E-state index contributed by atoms with van der Waals surface area (Å²) in [6.07, 6.45) is 0. The summed E-state index contributed by atoms with van der Waals surface area (Å²) >= 11 is 0. The Balaban J connectivity index is 2.75. The Morgan fingerprint density at radius 3 is 2.46 bits per heavy atom. The molecule has 1 aromatic carbocycles. The lowest BCUT2D eigenvalue weighted by atomic mass is 10.1. The molecule has 0 aliphatic heterocycles. The number of hydrogen-bond donors (Lipinski definition) is 4. The third kappa shape index (κ3) is 5.24. The number of carbonyl (C=O) groups excluding carboxylic acids is 3. The van der Waals surface area contributed by atoms with Gasteiger partial charge in [-0.3, -0.25) is 14.4 Å². The number of benzene rings is 1. The van der Waals surface area contributed by atoms with Gasteiger partial charge in [-0.1, -0.05) is 13.8 Å². The van der Waals surface area contributed by atoms with E-state index in [9.17, 15) is 14.4 Å². The van der Waals surface area contributed by atoms with Crippen LogP contribution >= 0.6 is 0 Å². The Hall–Kier alpha value is -2.61. The van der Waals surface area contributed by atoms with E-state index in [1.807, 2.05) is 13.8 Å². The summed E-state index contributed by atoms with van der Waals surface area (Å²) in [7, 11) is 2.96. The van der Waals surface area contributed by atoms with Crippen molar-refractivity contribution in [1.82, 2.24) is 10.6 Å². The van der Waals surface area contributed by atoms with Gasteiger partial charge in [-0.25, -0.2) is 0 Å². The van der Waals surface area contributed by atoms with Gasteiger partial charge in [0.1, 0.15) is 5.75 Å². The van der Waals surface area contributed by atoms with Gasteiger partial charge in [0, 0.05) is 12.6 Å². The van der Waals surface area contributed by atoms with Crippen LogP contribution in [0.15, 0.2) is 18.2 Å². The topological polar surface area (TPSA) is 123 Å². The van der Waals surface area contributed by atoms with Crippen molar-refractivity contribution in [2.24, 2.45) is 11.7 Å². The number of rotatable bonds is 7. The second-order valence-corrected chi connectivity index (χ2v) is 5.53. The zero-order chi connectivity index (χ0) is 18.3. The lowest BCUT2D eigenvalue weighted by Gasteiger charge is -2.16. The summed E-state index contributed by atoms with van der Waals surface area (Å²) in [4.78, 5) is 35.4. The summed E-state index contributed by atoms with van der Waals surface area (Å²) in [6.45, 7) is 3.41. The van der Waals surface area contributed by atoms with Crippen molar-refractivity contribution in [2.45, 2.75) is 19.9 Å². The fraction of sp³-hybridized carbons (Fsp3) is 0.438. The predicted octanol–water partition coefficient (Wildman–Crippen LogP) is 0.0928. The van der Waals surface area contributed by atoms with E-state index in [1.165, 1.54) is 20.2 Å². The number of anilines is 1. The number of nitrogens with two attached hydrogens (primary N) is 1. The first-order valence-electron chi connectivity index (χ1n) is 7.53. The van der Waals surface area contributed by atoms with Crippen LogP contribution in [0.4, 0.5) is 5.69 Å². The standard InChI is InChI=1S/C16H24N4O4/c1-9(2)14(17)16(23)19-8-13(21)20-11-7-10(15(22)18-3)5-6-12(11)24-4/h5-7,9,14H,8,17H2,1-4H3,(H,18,22)(H,19,23)(H,20,21)/t14-/m0/s1. The van der Waals surface area contributed by atoms with Crippen molar-refractivity contribution in [1.29, 1.82) is 0 Å². The number of methoxy groups -OCH3 is 1. The molecule has 0 radical (unpaired) electrons. The molecule has 24 heavy (non-hydrogen) atoms. The second kappa shape index (κ2) is 8.88. The number of carbonyl (C=O) groups is 3. The van der Waals surface area contributed by atoms with E-state index in [0.29, 0.717) is 17.0 Å². The maximum atomic E-state index is 12.0. The highest BCUT2D eigenvalue weighted by atomic mass is 16.5. The molecule has 0 fully saturated rings. The van der Waals surface area contributed by atoms with Crippen molar-refractivity contribution in [3.05, 3.63) is 23.8 Å². The van der Waals surface area contributed by atoms with Gasteiger partial charge in [0.05, 0.1) is 25.4 Å². The maximum absolute atomic E-state index is 12.0. The van der Waals surface area contributed by atoms with Crippen molar-refractivity contribution < 1.29 is 19.1 Å². The molecule has 132 valence electrons. The van der Waals surface area contributed by atoms with E-state index in [0.717, 1.165) is 0 Å². The highest BCUT2D eigenvalue weighted by Crippen LogP contribution is 2.25. The molecule has 5 N–H and O–H groups in total. The zero-order valence-corrected chi connectivity index (χ0v) is 14.3. The molecule has 8 heteroatoms. The van der Waals surface area contributed by atoms with Crippen LogP contribution in [0.25, 0.3) is 0 Å². The van der Waals surface area contributed by atoms with E-state index in [-0.39, 0.29) is 18.4 Å². The Morgan fingerprint density at radius 2 is 1.92 bits per heavy atom. The molecule has 1 atom stereocenters. The number of amides is 3. The summed E-state index contributed by atoms with van der Waals surface area (Å²) < 4.78 is 5.16. The first kappa shape index (κ1) is 19.4. The largest absolute Gasteiger partial charge is 0.495 e. The van der Waals surface area contributed by atoms with Gasteiger partial charge < -0.3 is 26.4 Å². The Bertz CT molecular complexity index is 616. The average molecular weight is 336 g/mol. The van der Waals surface area contributed by atoms with Gasteiger partial charge >= 0.3 is 0 Å². The SMILES string of the molecule is CNC(=O)c1ccc(OC)c(NC(=O)CNC(=O)[C@@H](N)C(C)C)c1. The fourth-order valence-electron chi connectivity index (χ4n) is 1.87. The molecule has 0 bridgehead atoms. The Labute approximate surface area is 141 Å². The molecule has 8 nitrogen and oxygen atoms in total. The van der Waals surface area contributed by atoms with Gasteiger partial charge in [0.25, 0.3) is 5.91 Å². The van der Waals surface area contributed by atoms with Gasteiger partial charge in [-0.15, -0.1) is 0 Å². The molecule has 0 saturated carbocycles. The van der Waals surface area contributed by atoms with Crippen LogP contribution in [0.1, 0.15) is 24.2 Å². The molecule has 1 aromatic rings. The van der Waals surface area contributed by atoms with Crippen LogP contribution < -0.4 is 26.4 Å². The predicted molar refractivity (Wildman–Crippen MR) is 90.8 cm³/mol. The lowest BCUT2D eigenvalue weighted by molar-refractivity contribution is -0.125. The molecule has 0 aliphatic rings. The molecular formula is C16H24N4O4. The van der Waals surface area contributed by atoms with Crippen LogP contribution in [0.2, 0.25) is 0 Å². The number of ether oxygens (including phenoxy) is 1. The van der Waals surface area contributed by atoms with Gasteiger partial charge in [-0.05, 0) is 24.1 Å². The van der Waals surface area contributed by atoms with E-state index >= 15 is 0 Å². The van der Waals surface area contributed by atoms with E-state index < -0.39 is 17.9 Å². The van der Waals surface area contributed by atoms with E-state index in [4.69, 9.17) is 10.5 Å². The minimum absolute atomic E-state index is 0.0302. The summed E-state index contributed by atoms with van der Waals surface area (Å²) in [5, 5.41) is 7.58. The first-order valence-corrected chi connectivity index (χ1v) is 7.53. The highest BCUT2D eigenvalue weighted by Gasteiger charge is 2.18. The van der Waals surface area contributed by atoms with Gasteiger partial charge in [0.15, 0.2) is 0 Å². The quantitative estimate of drug-likeness (QED) is 0.562. The molecule has 0 unspecified atom stereocenters. The average Bonchev–Trinajstić information content (AvgIpc) is 2.57. The lowest BCUT2D eigenvalue weighted by Crippen LogP contribution is -2.46. The summed E-state index contributed by atoms with van der Waals surface area (Å²) in [5.41, 5.74) is 6.42. The van der Waals surface area contributed by atoms with Crippen molar-refractivity contribution in [3.8, 4) is 5.75 Å². The number of hydrogen-bond acceptors (Lipinski definition) is 5. The van der Waals surface area contributed by atoms with Crippen LogP contribution in [-0.2, 0) is 9.59 Å². The summed E-state index contributed by atoms with van der Waals surface area (Å²) in [6, 6.07) is 3.98. The molecule has 0 spiro atoms. The van der Waals surface area contributed by atoms with Crippen molar-refractivity contribution in [3.63, 3.8) is 0 Å². The molecule has 3 amide bonds. The van der Waals surface area contributed by atoms with Crippen LogP contribution in [0.5, 0.6) is 5.75 Å². The fourth-order valence-corrected chi connectivity index (χ4v) is 1.87. The molecule has 0 aromatic heterocycles. The first-order chi connectivity index (χ1) is 11.3. The third-order valence-corrected chi connectivity index (χ3v) is 3.41. The van der Waals surface area contributed by atoms with Crippen LogP contribution in [-0.4, -0.2) is 44.5 Å². The normalized spacial score (nSPS) is 11.6. The molecular weight excluding hydrogens is 312 g/mol. The van der Waals surface area contributed by atoms with Crippen molar-refractivity contribution in [2.75, 3.05) is 26.0 Å². The second-order valence-electron chi connectivity index (χ2n) is 5.53. The highest BCUT2D eigenvalue weighted by molar-refractivity contribution is 5.99. The molecule has 0 saturated heterocycles. The maximum Gasteiger partial charge on any atom is 0.251 e. The monoisotopic (exact) mass is 336 g/mol. The zero-order valence-electron chi connectivity index (χ0n) is 14.3. The van der Waals surface area contributed by atoms with Gasteiger partial charge in [-0.2, -0.15) is 0 Å². The van der Waals surface area contributed by atoms with Gasteiger partial charge in [0.2, 0.25) is 11.8 Å². The van der Waals surface area contributed by atoms with E-state index in [1.54, 1.807) is 12.1 Å². The third-order valence-electron chi connectivity index (χ3n) is 3.41. The minimum atomic E-state index is -0.677. The van der Waals surface area contributed by atoms with E-state index in [2.05, 4.69) is 16.0 Å². The Morgan fingerprint density at radius 1 is 1.25 bits per heavy atom. The van der Waals surface area contributed by atoms with Crippen molar-refractivity contribution >= 4 is 23.4 Å².